The molecule has 1 aliphatic heterocycles. The quantitative estimate of drug-likeness (QED) is 0.751. The van der Waals surface area contributed by atoms with Gasteiger partial charge in [-0.3, -0.25) is 0 Å². The molecule has 0 saturated carbocycles. The number of nitrogens with one attached hydrogen (secondary N) is 2. The third-order valence-corrected chi connectivity index (χ3v) is 5.37. The fourth-order valence-electron chi connectivity index (χ4n) is 2.35. The molecule has 1 saturated heterocycles. The third kappa shape index (κ3) is 6.52. The number of piperidine rings is 1. The van der Waals surface area contributed by atoms with Gasteiger partial charge in [-0.15, -0.1) is 0 Å². The number of rotatable bonds is 7. The van der Waals surface area contributed by atoms with Gasteiger partial charge < -0.3 is 5.32 Å². The summed E-state index contributed by atoms with van der Waals surface area (Å²) in [6.45, 7) is 12.2. The summed E-state index contributed by atoms with van der Waals surface area (Å²) in [5, 5.41) is 3.34. The van der Waals surface area contributed by atoms with Gasteiger partial charge in [0.2, 0.25) is 0 Å². The number of hydrogen-bond acceptors (Lipinski definition) is 3. The van der Waals surface area contributed by atoms with Crippen LogP contribution in [0.3, 0.4) is 0 Å². The first-order valence-electron chi connectivity index (χ1n) is 7.70. The lowest BCUT2D eigenvalue weighted by Gasteiger charge is -2.31. The van der Waals surface area contributed by atoms with Gasteiger partial charge in [0.1, 0.15) is 0 Å². The van der Waals surface area contributed by atoms with E-state index in [1.54, 1.807) is 4.31 Å². The molecular formula is C14H31N3O2S. The minimum Gasteiger partial charge on any atom is -0.317 e. The van der Waals surface area contributed by atoms with Crippen molar-refractivity contribution in [2.75, 3.05) is 32.7 Å². The number of hydrogen-bond donors (Lipinski definition) is 2. The molecule has 5 nitrogen and oxygen atoms in total. The zero-order valence-electron chi connectivity index (χ0n) is 13.4. The van der Waals surface area contributed by atoms with Crippen LogP contribution in [0, 0.1) is 11.3 Å². The van der Waals surface area contributed by atoms with E-state index >= 15 is 0 Å². The summed E-state index contributed by atoms with van der Waals surface area (Å²) >= 11 is 0. The molecule has 6 heteroatoms. The van der Waals surface area contributed by atoms with Crippen LogP contribution in [0.15, 0.2) is 0 Å². The van der Waals surface area contributed by atoms with Gasteiger partial charge >= 0.3 is 0 Å². The van der Waals surface area contributed by atoms with E-state index in [0.717, 1.165) is 32.4 Å². The highest BCUT2D eigenvalue weighted by Crippen LogP contribution is 2.20. The lowest BCUT2D eigenvalue weighted by atomic mass is 9.93. The van der Waals surface area contributed by atoms with Gasteiger partial charge in [-0.2, -0.15) is 12.7 Å². The van der Waals surface area contributed by atoms with Crippen molar-refractivity contribution in [1.82, 2.24) is 14.3 Å². The highest BCUT2D eigenvalue weighted by atomic mass is 32.2. The van der Waals surface area contributed by atoms with Crippen molar-refractivity contribution in [2.24, 2.45) is 11.3 Å². The zero-order chi connectivity index (χ0) is 15.2. The monoisotopic (exact) mass is 305 g/mol. The summed E-state index contributed by atoms with van der Waals surface area (Å²) < 4.78 is 28.7. The van der Waals surface area contributed by atoms with Crippen molar-refractivity contribution < 1.29 is 8.42 Å². The Morgan fingerprint density at radius 3 is 2.30 bits per heavy atom. The van der Waals surface area contributed by atoms with Crippen LogP contribution in [0.2, 0.25) is 0 Å². The Bertz CT molecular complexity index is 368. The maximum atomic E-state index is 12.2. The molecule has 2 N–H and O–H groups in total. The van der Waals surface area contributed by atoms with Crippen molar-refractivity contribution in [1.29, 1.82) is 0 Å². The predicted octanol–water partition coefficient (Wildman–Crippen LogP) is 1.58. The van der Waals surface area contributed by atoms with E-state index in [4.69, 9.17) is 0 Å². The normalized spacial score (nSPS) is 19.4. The smallest absolute Gasteiger partial charge is 0.279 e. The van der Waals surface area contributed by atoms with E-state index < -0.39 is 10.2 Å². The van der Waals surface area contributed by atoms with Crippen LogP contribution in [0.5, 0.6) is 0 Å². The topological polar surface area (TPSA) is 61.4 Å². The molecule has 0 bridgehead atoms. The first-order chi connectivity index (χ1) is 9.24. The van der Waals surface area contributed by atoms with Crippen LogP contribution >= 0.6 is 0 Å². The summed E-state index contributed by atoms with van der Waals surface area (Å²) in [6.07, 6.45) is 2.75. The van der Waals surface area contributed by atoms with Crippen LogP contribution in [0.25, 0.3) is 0 Å². The second-order valence-corrected chi connectivity index (χ2v) is 8.62. The van der Waals surface area contributed by atoms with Gasteiger partial charge in [0, 0.05) is 19.6 Å². The third-order valence-electron chi connectivity index (χ3n) is 3.76. The molecule has 20 heavy (non-hydrogen) atoms. The molecular weight excluding hydrogens is 274 g/mol. The zero-order valence-corrected chi connectivity index (χ0v) is 14.2. The molecule has 0 aromatic carbocycles. The van der Waals surface area contributed by atoms with Crippen LogP contribution in [0.4, 0.5) is 0 Å². The summed E-state index contributed by atoms with van der Waals surface area (Å²) in [5.41, 5.74) is 0.154. The molecule has 120 valence electrons. The largest absolute Gasteiger partial charge is 0.317 e. The van der Waals surface area contributed by atoms with Gasteiger partial charge in [-0.05, 0) is 43.7 Å². The van der Waals surface area contributed by atoms with Gasteiger partial charge in [-0.1, -0.05) is 27.7 Å². The molecule has 0 unspecified atom stereocenters. The molecule has 1 aliphatic rings. The summed E-state index contributed by atoms with van der Waals surface area (Å²) in [5.74, 6) is 0.607. The molecule has 0 radical (unpaired) electrons. The molecule has 0 aromatic heterocycles. The van der Waals surface area contributed by atoms with Gasteiger partial charge in [0.15, 0.2) is 0 Å². The molecule has 0 aromatic rings. The first kappa shape index (κ1) is 17.9. The molecule has 0 aliphatic carbocycles. The summed E-state index contributed by atoms with van der Waals surface area (Å²) in [6, 6.07) is 0. The molecule has 1 fully saturated rings. The van der Waals surface area contributed by atoms with Gasteiger partial charge in [-0.25, -0.2) is 4.72 Å². The standard InChI is InChI=1S/C14H31N3O2S/c1-5-15-12-13-6-10-17(11-7-13)20(18,19)16-9-8-14(2,3)4/h13,15-16H,5-12H2,1-4H3. The maximum Gasteiger partial charge on any atom is 0.279 e. The van der Waals surface area contributed by atoms with Crippen LogP contribution in [0.1, 0.15) is 47.0 Å². The van der Waals surface area contributed by atoms with Crippen molar-refractivity contribution in [3.05, 3.63) is 0 Å². The summed E-state index contributed by atoms with van der Waals surface area (Å²) in [7, 11) is -3.29. The highest BCUT2D eigenvalue weighted by molar-refractivity contribution is 7.87. The highest BCUT2D eigenvalue weighted by Gasteiger charge is 2.27. The van der Waals surface area contributed by atoms with Crippen LogP contribution in [-0.4, -0.2) is 45.4 Å². The Morgan fingerprint density at radius 2 is 1.80 bits per heavy atom. The van der Waals surface area contributed by atoms with Crippen molar-refractivity contribution in [3.63, 3.8) is 0 Å². The lowest BCUT2D eigenvalue weighted by Crippen LogP contribution is -2.46. The van der Waals surface area contributed by atoms with Crippen molar-refractivity contribution in [2.45, 2.75) is 47.0 Å². The molecule has 1 rings (SSSR count). The summed E-state index contributed by atoms with van der Waals surface area (Å²) in [4.78, 5) is 0. The number of nitrogens with zero attached hydrogens (tertiary/aromatic N) is 1. The van der Waals surface area contributed by atoms with Crippen molar-refractivity contribution >= 4 is 10.2 Å². The minimum absolute atomic E-state index is 0.154. The van der Waals surface area contributed by atoms with Crippen LogP contribution in [-0.2, 0) is 10.2 Å². The van der Waals surface area contributed by atoms with Crippen LogP contribution < -0.4 is 10.0 Å². The Hall–Kier alpha value is -0.170. The van der Waals surface area contributed by atoms with E-state index in [1.807, 2.05) is 0 Å². The Balaban J connectivity index is 2.35. The van der Waals surface area contributed by atoms with Gasteiger partial charge in [0.05, 0.1) is 0 Å². The fourth-order valence-corrected chi connectivity index (χ4v) is 3.58. The molecule has 0 atom stereocenters. The fraction of sp³-hybridized carbons (Fsp3) is 1.00. The van der Waals surface area contributed by atoms with E-state index in [9.17, 15) is 8.42 Å². The second kappa shape index (κ2) is 7.73. The Kier molecular flexibility index (Phi) is 6.91. The van der Waals surface area contributed by atoms with E-state index in [2.05, 4.69) is 37.7 Å². The Morgan fingerprint density at radius 1 is 1.20 bits per heavy atom. The van der Waals surface area contributed by atoms with E-state index in [-0.39, 0.29) is 5.41 Å². The molecule has 0 spiro atoms. The SMILES string of the molecule is CCNCC1CCN(S(=O)(=O)NCCC(C)(C)C)CC1. The average molecular weight is 305 g/mol. The minimum atomic E-state index is -3.29. The maximum absolute atomic E-state index is 12.2. The Labute approximate surface area is 124 Å². The first-order valence-corrected chi connectivity index (χ1v) is 9.14. The van der Waals surface area contributed by atoms with Gasteiger partial charge in [0.25, 0.3) is 10.2 Å². The predicted molar refractivity (Wildman–Crippen MR) is 83.8 cm³/mol. The van der Waals surface area contributed by atoms with E-state index in [1.165, 1.54) is 0 Å². The lowest BCUT2D eigenvalue weighted by molar-refractivity contribution is 0.265. The molecule has 1 heterocycles. The average Bonchev–Trinajstić information content (AvgIpc) is 2.35. The molecule has 0 amide bonds. The van der Waals surface area contributed by atoms with E-state index in [0.29, 0.717) is 25.6 Å². The van der Waals surface area contributed by atoms with Crippen molar-refractivity contribution in [3.8, 4) is 0 Å². The second-order valence-electron chi connectivity index (χ2n) is 6.86.